The molecule has 0 N–H and O–H groups in total. The van der Waals surface area contributed by atoms with Gasteiger partial charge in [-0.3, -0.25) is 14.4 Å². The Labute approximate surface area is 511 Å². The maximum absolute atomic E-state index is 13.0. The van der Waals surface area contributed by atoms with Gasteiger partial charge in [0.2, 0.25) is 0 Å². The first-order valence-electron chi connectivity index (χ1n) is 36.6. The lowest BCUT2D eigenvalue weighted by Crippen LogP contribution is -2.30. The summed E-state index contributed by atoms with van der Waals surface area (Å²) in [5.41, 5.74) is 0. The minimum atomic E-state index is -0.772. The summed E-state index contributed by atoms with van der Waals surface area (Å²) in [6.45, 7) is 6.60. The summed E-state index contributed by atoms with van der Waals surface area (Å²) in [6, 6.07) is 0. The summed E-state index contributed by atoms with van der Waals surface area (Å²) in [5, 5.41) is 0. The van der Waals surface area contributed by atoms with E-state index in [0.717, 1.165) is 83.5 Å². The van der Waals surface area contributed by atoms with Crippen LogP contribution in [0.4, 0.5) is 0 Å². The fourth-order valence-corrected chi connectivity index (χ4v) is 11.1. The van der Waals surface area contributed by atoms with Crippen LogP contribution in [0.15, 0.2) is 48.6 Å². The first kappa shape index (κ1) is 79.4. The lowest BCUT2D eigenvalue weighted by molar-refractivity contribution is -0.167. The Morgan fingerprint density at radius 1 is 0.256 bits per heavy atom. The number of unbranched alkanes of at least 4 members (excludes halogenated alkanes) is 49. The molecule has 0 heterocycles. The highest BCUT2D eigenvalue weighted by Crippen LogP contribution is 2.19. The number of allylic oxidation sites excluding steroid dienone is 8. The van der Waals surface area contributed by atoms with E-state index in [1.807, 2.05) is 0 Å². The molecule has 1 unspecified atom stereocenters. The number of hydrogen-bond donors (Lipinski definition) is 0. The van der Waals surface area contributed by atoms with Crippen molar-refractivity contribution >= 4 is 17.9 Å². The maximum atomic E-state index is 13.0. The van der Waals surface area contributed by atoms with Gasteiger partial charge in [-0.1, -0.05) is 371 Å². The Morgan fingerprint density at radius 2 is 0.476 bits per heavy atom. The quantitative estimate of drug-likeness (QED) is 0.0261. The highest BCUT2D eigenvalue weighted by atomic mass is 16.6. The Bertz CT molecular complexity index is 1410. The molecule has 0 saturated carbocycles. The topological polar surface area (TPSA) is 78.9 Å². The van der Waals surface area contributed by atoms with Crippen molar-refractivity contribution in [1.29, 1.82) is 0 Å². The summed E-state index contributed by atoms with van der Waals surface area (Å²) in [7, 11) is 0. The third-order valence-corrected chi connectivity index (χ3v) is 16.6. The molecule has 0 aliphatic carbocycles. The highest BCUT2D eigenvalue weighted by molar-refractivity contribution is 5.71. The first-order chi connectivity index (χ1) is 40.5. The summed E-state index contributed by atoms with van der Waals surface area (Å²) >= 11 is 0. The van der Waals surface area contributed by atoms with Gasteiger partial charge in [-0.05, 0) is 57.8 Å². The number of hydrogen-bond acceptors (Lipinski definition) is 6. The molecule has 480 valence electrons. The number of esters is 3. The summed E-state index contributed by atoms with van der Waals surface area (Å²) in [6.07, 6.45) is 90.1. The molecular formula is C76H140O6. The number of rotatable bonds is 68. The average molecular weight is 1150 g/mol. The van der Waals surface area contributed by atoms with E-state index in [1.54, 1.807) is 0 Å². The van der Waals surface area contributed by atoms with Crippen LogP contribution in [0, 0.1) is 0 Å². The maximum Gasteiger partial charge on any atom is 0.306 e. The van der Waals surface area contributed by atoms with Gasteiger partial charge in [-0.2, -0.15) is 0 Å². The normalized spacial score (nSPS) is 12.3. The van der Waals surface area contributed by atoms with Gasteiger partial charge in [0.15, 0.2) is 6.10 Å². The molecule has 0 bridgehead atoms. The highest BCUT2D eigenvalue weighted by Gasteiger charge is 2.19. The summed E-state index contributed by atoms with van der Waals surface area (Å²) in [4.78, 5) is 38.4. The third kappa shape index (κ3) is 68.2. The zero-order valence-corrected chi connectivity index (χ0v) is 55.3. The van der Waals surface area contributed by atoms with Crippen LogP contribution in [0.3, 0.4) is 0 Å². The van der Waals surface area contributed by atoms with Gasteiger partial charge in [0.1, 0.15) is 13.2 Å². The van der Waals surface area contributed by atoms with Crippen LogP contribution in [0.1, 0.15) is 400 Å². The molecule has 6 heteroatoms. The van der Waals surface area contributed by atoms with E-state index in [0.29, 0.717) is 19.3 Å². The Morgan fingerprint density at radius 3 is 0.744 bits per heavy atom. The largest absolute Gasteiger partial charge is 0.462 e. The predicted octanol–water partition coefficient (Wildman–Crippen LogP) is 25.3. The van der Waals surface area contributed by atoms with Crippen molar-refractivity contribution in [3.63, 3.8) is 0 Å². The Hall–Kier alpha value is -2.63. The fraction of sp³-hybridized carbons (Fsp3) is 0.855. The zero-order valence-electron chi connectivity index (χ0n) is 55.3. The molecule has 0 aliphatic heterocycles. The van der Waals surface area contributed by atoms with Crippen molar-refractivity contribution in [2.45, 2.75) is 406 Å². The number of ether oxygens (including phenoxy) is 3. The molecule has 0 amide bonds. The van der Waals surface area contributed by atoms with Crippen LogP contribution < -0.4 is 0 Å². The molecule has 0 aromatic rings. The second-order valence-electron chi connectivity index (χ2n) is 24.8. The van der Waals surface area contributed by atoms with E-state index >= 15 is 0 Å². The van der Waals surface area contributed by atoms with Crippen LogP contribution in [-0.2, 0) is 28.6 Å². The number of carbonyl (C=O) groups excluding carboxylic acids is 3. The van der Waals surface area contributed by atoms with Gasteiger partial charge in [-0.25, -0.2) is 0 Å². The van der Waals surface area contributed by atoms with Gasteiger partial charge < -0.3 is 14.2 Å². The van der Waals surface area contributed by atoms with E-state index in [9.17, 15) is 14.4 Å². The van der Waals surface area contributed by atoms with Gasteiger partial charge >= 0.3 is 17.9 Å². The third-order valence-electron chi connectivity index (χ3n) is 16.6. The van der Waals surface area contributed by atoms with Gasteiger partial charge in [-0.15, -0.1) is 0 Å². The van der Waals surface area contributed by atoms with E-state index in [1.165, 1.54) is 276 Å². The molecule has 82 heavy (non-hydrogen) atoms. The van der Waals surface area contributed by atoms with Crippen LogP contribution in [0.2, 0.25) is 0 Å². The molecule has 0 fully saturated rings. The lowest BCUT2D eigenvalue weighted by Gasteiger charge is -2.18. The molecule has 0 aliphatic rings. The van der Waals surface area contributed by atoms with Crippen LogP contribution in [-0.4, -0.2) is 37.2 Å². The summed E-state index contributed by atoms with van der Waals surface area (Å²) in [5.74, 6) is -0.840. The van der Waals surface area contributed by atoms with Gasteiger partial charge in [0.05, 0.1) is 0 Å². The molecular weight excluding hydrogens is 1010 g/mol. The lowest BCUT2D eigenvalue weighted by atomic mass is 10.0. The predicted molar refractivity (Wildman–Crippen MR) is 358 cm³/mol. The number of carbonyl (C=O) groups is 3. The van der Waals surface area contributed by atoms with Gasteiger partial charge in [0.25, 0.3) is 0 Å². The first-order valence-corrected chi connectivity index (χ1v) is 36.6. The van der Waals surface area contributed by atoms with Gasteiger partial charge in [0, 0.05) is 19.3 Å². The van der Waals surface area contributed by atoms with Crippen molar-refractivity contribution < 1.29 is 28.6 Å². The molecule has 1 atom stereocenters. The Kier molecular flexibility index (Phi) is 68.6. The molecule has 0 rings (SSSR count). The average Bonchev–Trinajstić information content (AvgIpc) is 3.47. The fourth-order valence-electron chi connectivity index (χ4n) is 11.1. The summed E-state index contributed by atoms with van der Waals surface area (Å²) < 4.78 is 17.0. The van der Waals surface area contributed by atoms with Crippen molar-refractivity contribution in [3.8, 4) is 0 Å². The standard InChI is InChI=1S/C76H140O6/c1-4-7-10-13-16-19-22-25-27-29-31-33-35-37-38-40-41-43-45-47-49-51-54-57-60-63-66-69-75(78)81-72-73(71-80-74(77)68-65-62-59-56-53-24-21-18-15-12-9-6-3)82-76(79)70-67-64-61-58-55-52-50-48-46-44-42-39-36-34-32-30-28-26-23-20-17-14-11-8-5-2/h8,11,17,20,26,28,32,34,73H,4-7,9-10,12-16,18-19,21-25,27,29-31,33,35-72H2,1-3H3/b11-8-,20-17-,28-26-,34-32-. The van der Waals surface area contributed by atoms with Crippen molar-refractivity contribution in [3.05, 3.63) is 48.6 Å². The zero-order chi connectivity index (χ0) is 59.2. The second kappa shape index (κ2) is 70.9. The molecule has 0 aromatic carbocycles. The minimum absolute atomic E-state index is 0.0675. The molecule has 0 radical (unpaired) electrons. The van der Waals surface area contributed by atoms with E-state index < -0.39 is 6.10 Å². The van der Waals surface area contributed by atoms with Crippen molar-refractivity contribution in [2.75, 3.05) is 13.2 Å². The van der Waals surface area contributed by atoms with Crippen LogP contribution in [0.25, 0.3) is 0 Å². The Balaban J connectivity index is 4.18. The van der Waals surface area contributed by atoms with Crippen molar-refractivity contribution in [2.24, 2.45) is 0 Å². The van der Waals surface area contributed by atoms with Crippen LogP contribution >= 0.6 is 0 Å². The van der Waals surface area contributed by atoms with E-state index in [-0.39, 0.29) is 31.1 Å². The smallest absolute Gasteiger partial charge is 0.306 e. The van der Waals surface area contributed by atoms with E-state index in [2.05, 4.69) is 69.4 Å². The SMILES string of the molecule is CC/C=C\C/C=C\C/C=C\C/C=C\CCCCCCCCCCCCCCC(=O)OC(COC(=O)CCCCCCCCCCCCCC)COC(=O)CCCCCCCCCCCCCCCCCCCCCCCCCCCCC. The second-order valence-corrected chi connectivity index (χ2v) is 24.8. The van der Waals surface area contributed by atoms with Crippen molar-refractivity contribution in [1.82, 2.24) is 0 Å². The van der Waals surface area contributed by atoms with E-state index in [4.69, 9.17) is 14.2 Å². The molecule has 6 nitrogen and oxygen atoms in total. The minimum Gasteiger partial charge on any atom is -0.462 e. The monoisotopic (exact) mass is 1150 g/mol. The molecule has 0 spiro atoms. The molecule has 0 aromatic heterocycles. The van der Waals surface area contributed by atoms with Crippen LogP contribution in [0.5, 0.6) is 0 Å². The molecule has 0 saturated heterocycles.